The standard InChI is InChI=1S/C10H18O6S2/c1-7-5-8(2)10(16-18(4,13)14)9(6-7)15-17(3,11)12/h5,8-10H,6H2,1-4H3/t8-,9-,10-/m1/s1. The van der Waals surface area contributed by atoms with Gasteiger partial charge in [-0.25, -0.2) is 0 Å². The van der Waals surface area contributed by atoms with Crippen LogP contribution in [0.2, 0.25) is 0 Å². The molecule has 0 aliphatic heterocycles. The molecule has 0 saturated carbocycles. The molecule has 0 saturated heterocycles. The highest BCUT2D eigenvalue weighted by Gasteiger charge is 2.36. The summed E-state index contributed by atoms with van der Waals surface area (Å²) in [5.41, 5.74) is 0.949. The van der Waals surface area contributed by atoms with Crippen LogP contribution in [-0.4, -0.2) is 41.6 Å². The zero-order valence-electron chi connectivity index (χ0n) is 10.8. The van der Waals surface area contributed by atoms with Crippen molar-refractivity contribution in [1.82, 2.24) is 0 Å². The molecule has 0 bridgehead atoms. The van der Waals surface area contributed by atoms with Crippen LogP contribution in [0, 0.1) is 5.92 Å². The molecule has 6 nitrogen and oxygen atoms in total. The molecule has 0 heterocycles. The van der Waals surface area contributed by atoms with E-state index in [2.05, 4.69) is 0 Å². The average molecular weight is 298 g/mol. The Morgan fingerprint density at radius 2 is 1.61 bits per heavy atom. The van der Waals surface area contributed by atoms with Crippen molar-refractivity contribution < 1.29 is 25.2 Å². The van der Waals surface area contributed by atoms with Crippen LogP contribution in [0.4, 0.5) is 0 Å². The Morgan fingerprint density at radius 3 is 2.06 bits per heavy atom. The Bertz CT molecular complexity index is 531. The molecule has 0 N–H and O–H groups in total. The molecule has 106 valence electrons. The maximum atomic E-state index is 11.2. The fourth-order valence-corrected chi connectivity index (χ4v) is 3.38. The summed E-state index contributed by atoms with van der Waals surface area (Å²) in [7, 11) is -7.33. The topological polar surface area (TPSA) is 86.7 Å². The average Bonchev–Trinajstić information content (AvgIpc) is 2.06. The lowest BCUT2D eigenvalue weighted by Gasteiger charge is -2.32. The van der Waals surface area contributed by atoms with Crippen LogP contribution in [-0.2, 0) is 28.6 Å². The zero-order chi connectivity index (χ0) is 14.1. The van der Waals surface area contributed by atoms with Gasteiger partial charge in [-0.1, -0.05) is 18.6 Å². The molecule has 0 fully saturated rings. The van der Waals surface area contributed by atoms with Crippen LogP contribution in [0.25, 0.3) is 0 Å². The molecular formula is C10H18O6S2. The van der Waals surface area contributed by atoms with Gasteiger partial charge in [-0.05, 0) is 13.3 Å². The van der Waals surface area contributed by atoms with E-state index in [0.717, 1.165) is 18.1 Å². The third-order valence-electron chi connectivity index (χ3n) is 2.54. The van der Waals surface area contributed by atoms with E-state index in [1.807, 2.05) is 13.0 Å². The zero-order valence-corrected chi connectivity index (χ0v) is 12.4. The van der Waals surface area contributed by atoms with E-state index in [1.54, 1.807) is 6.92 Å². The highest BCUT2D eigenvalue weighted by atomic mass is 32.2. The van der Waals surface area contributed by atoms with E-state index in [-0.39, 0.29) is 5.92 Å². The van der Waals surface area contributed by atoms with Crippen LogP contribution in [0.15, 0.2) is 11.6 Å². The summed E-state index contributed by atoms with van der Waals surface area (Å²) in [6, 6.07) is 0. The van der Waals surface area contributed by atoms with Gasteiger partial charge in [-0.3, -0.25) is 8.37 Å². The third-order valence-corrected chi connectivity index (χ3v) is 3.71. The summed E-state index contributed by atoms with van der Waals surface area (Å²) >= 11 is 0. The van der Waals surface area contributed by atoms with Crippen molar-refractivity contribution in [3.8, 4) is 0 Å². The van der Waals surface area contributed by atoms with E-state index in [1.165, 1.54) is 0 Å². The largest absolute Gasteiger partial charge is 0.264 e. The normalized spacial score (nSPS) is 30.0. The van der Waals surface area contributed by atoms with Gasteiger partial charge in [0.2, 0.25) is 0 Å². The summed E-state index contributed by atoms with van der Waals surface area (Å²) < 4.78 is 54.6. The van der Waals surface area contributed by atoms with Gasteiger partial charge in [0.05, 0.1) is 12.5 Å². The van der Waals surface area contributed by atoms with Crippen LogP contribution < -0.4 is 0 Å². The van der Waals surface area contributed by atoms with Crippen molar-refractivity contribution in [3.05, 3.63) is 11.6 Å². The second-order valence-corrected chi connectivity index (χ2v) is 7.88. The Kier molecular flexibility index (Phi) is 4.58. The van der Waals surface area contributed by atoms with Crippen molar-refractivity contribution in [1.29, 1.82) is 0 Å². The second-order valence-electron chi connectivity index (χ2n) is 4.68. The third kappa shape index (κ3) is 5.05. The molecule has 0 aromatic carbocycles. The van der Waals surface area contributed by atoms with Gasteiger partial charge >= 0.3 is 0 Å². The lowest BCUT2D eigenvalue weighted by Crippen LogP contribution is -2.41. The first-order chi connectivity index (χ1) is 7.98. The molecule has 1 rings (SSSR count). The summed E-state index contributed by atoms with van der Waals surface area (Å²) in [5.74, 6) is -0.236. The fraction of sp³-hybridized carbons (Fsp3) is 0.800. The molecule has 1 aliphatic carbocycles. The van der Waals surface area contributed by atoms with Gasteiger partial charge < -0.3 is 0 Å². The van der Waals surface area contributed by atoms with Gasteiger partial charge in [0.1, 0.15) is 12.2 Å². The molecule has 18 heavy (non-hydrogen) atoms. The van der Waals surface area contributed by atoms with Gasteiger partial charge in [0.25, 0.3) is 20.2 Å². The molecule has 3 atom stereocenters. The van der Waals surface area contributed by atoms with Crippen molar-refractivity contribution in [2.45, 2.75) is 32.5 Å². The maximum Gasteiger partial charge on any atom is 0.264 e. The highest BCUT2D eigenvalue weighted by molar-refractivity contribution is 7.86. The second kappa shape index (κ2) is 5.28. The maximum absolute atomic E-state index is 11.2. The van der Waals surface area contributed by atoms with Crippen molar-refractivity contribution in [2.24, 2.45) is 5.92 Å². The summed E-state index contributed by atoms with van der Waals surface area (Å²) in [6.45, 7) is 3.60. The van der Waals surface area contributed by atoms with Gasteiger partial charge in [-0.2, -0.15) is 16.8 Å². The molecule has 0 amide bonds. The van der Waals surface area contributed by atoms with Crippen LogP contribution in [0.5, 0.6) is 0 Å². The van der Waals surface area contributed by atoms with E-state index in [4.69, 9.17) is 8.37 Å². The molecule has 8 heteroatoms. The van der Waals surface area contributed by atoms with Gasteiger partial charge in [0.15, 0.2) is 0 Å². The molecular weight excluding hydrogens is 280 g/mol. The van der Waals surface area contributed by atoms with Crippen molar-refractivity contribution in [2.75, 3.05) is 12.5 Å². The van der Waals surface area contributed by atoms with Gasteiger partial charge in [-0.15, -0.1) is 0 Å². The predicted octanol–water partition coefficient (Wildman–Crippen LogP) is 0.662. The molecule has 0 radical (unpaired) electrons. The lowest BCUT2D eigenvalue weighted by atomic mass is 9.88. The Hall–Kier alpha value is -0.440. The van der Waals surface area contributed by atoms with Gasteiger partial charge in [0, 0.05) is 5.92 Å². The molecule has 0 aromatic rings. The minimum Gasteiger partial charge on any atom is -0.264 e. The fourth-order valence-electron chi connectivity index (χ4n) is 2.05. The minimum atomic E-state index is -3.67. The first kappa shape index (κ1) is 15.6. The van der Waals surface area contributed by atoms with E-state index < -0.39 is 32.4 Å². The summed E-state index contributed by atoms with van der Waals surface area (Å²) in [4.78, 5) is 0. The Labute approximate surface area is 108 Å². The SMILES string of the molecule is CC1=C[C@@H](C)[C@@H](OS(C)(=O)=O)[C@H](OS(C)(=O)=O)C1. The highest BCUT2D eigenvalue weighted by Crippen LogP contribution is 2.29. The Morgan fingerprint density at radius 1 is 1.11 bits per heavy atom. The molecule has 0 unspecified atom stereocenters. The predicted molar refractivity (Wildman–Crippen MR) is 67.0 cm³/mol. The molecule has 0 spiro atoms. The van der Waals surface area contributed by atoms with Crippen molar-refractivity contribution in [3.63, 3.8) is 0 Å². The molecule has 0 aromatic heterocycles. The number of hydrogen-bond acceptors (Lipinski definition) is 6. The van der Waals surface area contributed by atoms with E-state index in [0.29, 0.717) is 6.42 Å². The van der Waals surface area contributed by atoms with Crippen LogP contribution in [0.1, 0.15) is 20.3 Å². The van der Waals surface area contributed by atoms with E-state index in [9.17, 15) is 16.8 Å². The number of hydrogen-bond donors (Lipinski definition) is 0. The van der Waals surface area contributed by atoms with Crippen LogP contribution >= 0.6 is 0 Å². The van der Waals surface area contributed by atoms with Crippen LogP contribution in [0.3, 0.4) is 0 Å². The van der Waals surface area contributed by atoms with E-state index >= 15 is 0 Å². The number of rotatable bonds is 4. The Balaban J connectivity index is 3.00. The first-order valence-corrected chi connectivity index (χ1v) is 9.05. The monoisotopic (exact) mass is 298 g/mol. The first-order valence-electron chi connectivity index (χ1n) is 5.42. The smallest absolute Gasteiger partial charge is 0.264 e. The van der Waals surface area contributed by atoms with Crippen molar-refractivity contribution >= 4 is 20.2 Å². The summed E-state index contributed by atoms with van der Waals surface area (Å²) in [5, 5.41) is 0. The quantitative estimate of drug-likeness (QED) is 0.560. The molecule has 1 aliphatic rings. The lowest BCUT2D eigenvalue weighted by molar-refractivity contribution is 0.0347. The summed E-state index contributed by atoms with van der Waals surface area (Å²) in [6.07, 6.45) is 2.43. The minimum absolute atomic E-state index is 0.236.